The number of fused-ring (bicyclic) bond motifs is 1. The minimum atomic E-state index is -0.502. The molecule has 1 aromatic rings. The maximum atomic E-state index is 12.3. The van der Waals surface area contributed by atoms with E-state index < -0.39 is 5.60 Å². The van der Waals surface area contributed by atoms with Gasteiger partial charge in [-0.2, -0.15) is 0 Å². The first kappa shape index (κ1) is 15.3. The van der Waals surface area contributed by atoms with Crippen molar-refractivity contribution in [2.24, 2.45) is 0 Å². The van der Waals surface area contributed by atoms with Gasteiger partial charge in [0.05, 0.1) is 24.9 Å². The summed E-state index contributed by atoms with van der Waals surface area (Å²) < 4.78 is 11.1. The summed E-state index contributed by atoms with van der Waals surface area (Å²) in [7, 11) is 1.76. The molecular weight excluding hydrogens is 280 g/mol. The van der Waals surface area contributed by atoms with Crippen molar-refractivity contribution in [3.05, 3.63) is 29.1 Å². The minimum Gasteiger partial charge on any atom is -0.444 e. The van der Waals surface area contributed by atoms with Crippen LogP contribution in [0.1, 0.15) is 62.5 Å². The molecule has 1 unspecified atom stereocenters. The van der Waals surface area contributed by atoms with Crippen LogP contribution in [0.5, 0.6) is 0 Å². The summed E-state index contributed by atoms with van der Waals surface area (Å²) in [6.07, 6.45) is 2.13. The van der Waals surface area contributed by atoms with Crippen LogP contribution in [0.25, 0.3) is 0 Å². The molecule has 1 aliphatic carbocycles. The van der Waals surface area contributed by atoms with Crippen molar-refractivity contribution in [3.63, 3.8) is 0 Å². The van der Waals surface area contributed by atoms with Crippen LogP contribution in [0.4, 0.5) is 4.79 Å². The molecule has 5 nitrogen and oxygen atoms in total. The van der Waals surface area contributed by atoms with Crippen LogP contribution >= 0.6 is 0 Å². The van der Waals surface area contributed by atoms with Gasteiger partial charge in [0, 0.05) is 24.2 Å². The first-order chi connectivity index (χ1) is 10.3. The zero-order chi connectivity index (χ0) is 15.9. The summed E-state index contributed by atoms with van der Waals surface area (Å²) in [5.41, 5.74) is 2.68. The molecule has 1 aliphatic heterocycles. The van der Waals surface area contributed by atoms with Gasteiger partial charge in [-0.05, 0) is 39.7 Å². The van der Waals surface area contributed by atoms with Crippen molar-refractivity contribution in [1.29, 1.82) is 0 Å². The molecule has 120 valence electrons. The minimum absolute atomic E-state index is 0.139. The molecular formula is C17H24N2O3. The Hall–Kier alpha value is -1.62. The standard InChI is InChI=1S/C17H24N2O3/c1-17(2,3)22-16(20)19(4)15-10-21-9-14-12(15)7-8-13(18-14)11-5-6-11/h7-8,11,15H,5-6,9-10H2,1-4H3. The number of amides is 1. The van der Waals surface area contributed by atoms with Gasteiger partial charge in [0.2, 0.25) is 0 Å². The van der Waals surface area contributed by atoms with Crippen LogP contribution in [0.15, 0.2) is 12.1 Å². The topological polar surface area (TPSA) is 51.7 Å². The highest BCUT2D eigenvalue weighted by Gasteiger charge is 2.32. The first-order valence-corrected chi connectivity index (χ1v) is 7.88. The van der Waals surface area contributed by atoms with Crippen molar-refractivity contribution in [2.75, 3.05) is 13.7 Å². The average molecular weight is 304 g/mol. The predicted octanol–water partition coefficient (Wildman–Crippen LogP) is 3.40. The molecule has 2 heterocycles. The number of aromatic nitrogens is 1. The van der Waals surface area contributed by atoms with Gasteiger partial charge >= 0.3 is 6.09 Å². The van der Waals surface area contributed by atoms with E-state index in [9.17, 15) is 4.79 Å². The second-order valence-electron chi connectivity index (χ2n) is 7.17. The summed E-state index contributed by atoms with van der Waals surface area (Å²) >= 11 is 0. The quantitative estimate of drug-likeness (QED) is 0.840. The third-order valence-corrected chi connectivity index (χ3v) is 4.05. The Bertz CT molecular complexity index is 576. The number of hydrogen-bond donors (Lipinski definition) is 0. The maximum Gasteiger partial charge on any atom is 0.410 e. The number of carbonyl (C=O) groups is 1. The Morgan fingerprint density at radius 1 is 1.36 bits per heavy atom. The molecule has 1 aromatic heterocycles. The molecule has 1 amide bonds. The van der Waals surface area contributed by atoms with Crippen LogP contribution in [-0.2, 0) is 16.1 Å². The first-order valence-electron chi connectivity index (χ1n) is 7.88. The highest BCUT2D eigenvalue weighted by atomic mass is 16.6. The second kappa shape index (κ2) is 5.54. The number of hydrogen-bond acceptors (Lipinski definition) is 4. The lowest BCUT2D eigenvalue weighted by atomic mass is 10.0. The van der Waals surface area contributed by atoms with Crippen molar-refractivity contribution in [3.8, 4) is 0 Å². The summed E-state index contributed by atoms with van der Waals surface area (Å²) in [5.74, 6) is 0.620. The van der Waals surface area contributed by atoms with Crippen molar-refractivity contribution in [2.45, 2.75) is 57.8 Å². The van der Waals surface area contributed by atoms with E-state index in [1.165, 1.54) is 12.8 Å². The largest absolute Gasteiger partial charge is 0.444 e. The average Bonchev–Trinajstić information content (AvgIpc) is 3.28. The fraction of sp³-hybridized carbons (Fsp3) is 0.647. The SMILES string of the molecule is CN(C(=O)OC(C)(C)C)C1COCc2nc(C3CC3)ccc21. The second-order valence-corrected chi connectivity index (χ2v) is 7.17. The molecule has 0 N–H and O–H groups in total. The van der Waals surface area contributed by atoms with E-state index in [2.05, 4.69) is 12.1 Å². The van der Waals surface area contributed by atoms with E-state index >= 15 is 0 Å². The molecule has 1 fully saturated rings. The normalized spacial score (nSPS) is 21.2. The van der Waals surface area contributed by atoms with Crippen molar-refractivity contribution < 1.29 is 14.3 Å². The fourth-order valence-electron chi connectivity index (χ4n) is 2.69. The van der Waals surface area contributed by atoms with Gasteiger partial charge in [-0.15, -0.1) is 0 Å². The molecule has 5 heteroatoms. The van der Waals surface area contributed by atoms with Crippen LogP contribution in [-0.4, -0.2) is 35.2 Å². The van der Waals surface area contributed by atoms with E-state index in [1.807, 2.05) is 20.8 Å². The molecule has 22 heavy (non-hydrogen) atoms. The zero-order valence-corrected chi connectivity index (χ0v) is 13.8. The van der Waals surface area contributed by atoms with Gasteiger partial charge in [0.1, 0.15) is 5.60 Å². The van der Waals surface area contributed by atoms with Crippen molar-refractivity contribution in [1.82, 2.24) is 9.88 Å². The molecule has 1 saturated carbocycles. The van der Waals surface area contributed by atoms with Crippen LogP contribution in [0.2, 0.25) is 0 Å². The third-order valence-electron chi connectivity index (χ3n) is 4.05. The van der Waals surface area contributed by atoms with Gasteiger partial charge < -0.3 is 14.4 Å². The predicted molar refractivity (Wildman–Crippen MR) is 82.6 cm³/mol. The Labute approximate surface area is 131 Å². The van der Waals surface area contributed by atoms with Crippen LogP contribution in [0, 0.1) is 0 Å². The van der Waals surface area contributed by atoms with E-state index in [1.54, 1.807) is 11.9 Å². The van der Waals surface area contributed by atoms with E-state index in [4.69, 9.17) is 14.5 Å². The molecule has 1 atom stereocenters. The number of likely N-dealkylation sites (N-methyl/N-ethyl adjacent to an activating group) is 1. The van der Waals surface area contributed by atoms with E-state index in [-0.39, 0.29) is 12.1 Å². The molecule has 0 radical (unpaired) electrons. The molecule has 0 aromatic carbocycles. The highest BCUT2D eigenvalue weighted by Crippen LogP contribution is 2.40. The van der Waals surface area contributed by atoms with Crippen LogP contribution < -0.4 is 0 Å². The number of nitrogens with zero attached hydrogens (tertiary/aromatic N) is 2. The Morgan fingerprint density at radius 3 is 2.73 bits per heavy atom. The fourth-order valence-corrected chi connectivity index (χ4v) is 2.69. The van der Waals surface area contributed by atoms with E-state index in [0.29, 0.717) is 19.1 Å². The lowest BCUT2D eigenvalue weighted by Crippen LogP contribution is -2.40. The summed E-state index contributed by atoms with van der Waals surface area (Å²) in [6.45, 7) is 6.61. The van der Waals surface area contributed by atoms with Gasteiger partial charge in [-0.25, -0.2) is 4.79 Å². The van der Waals surface area contributed by atoms with Crippen LogP contribution in [0.3, 0.4) is 0 Å². The van der Waals surface area contributed by atoms with Gasteiger partial charge in [-0.1, -0.05) is 6.07 Å². The zero-order valence-electron chi connectivity index (χ0n) is 13.8. The molecule has 0 saturated heterocycles. The summed E-state index contributed by atoms with van der Waals surface area (Å²) in [6, 6.07) is 4.06. The highest BCUT2D eigenvalue weighted by molar-refractivity contribution is 5.68. The maximum absolute atomic E-state index is 12.3. The molecule has 0 spiro atoms. The third kappa shape index (κ3) is 3.24. The smallest absolute Gasteiger partial charge is 0.410 e. The Balaban J connectivity index is 1.80. The molecule has 3 rings (SSSR count). The van der Waals surface area contributed by atoms with Gasteiger partial charge in [0.25, 0.3) is 0 Å². The van der Waals surface area contributed by atoms with Gasteiger partial charge in [0.15, 0.2) is 0 Å². The number of carbonyl (C=O) groups excluding carboxylic acids is 1. The van der Waals surface area contributed by atoms with Gasteiger partial charge in [-0.3, -0.25) is 4.98 Å². The summed E-state index contributed by atoms with van der Waals surface area (Å²) in [5, 5.41) is 0. The molecule has 0 bridgehead atoms. The number of ether oxygens (including phenoxy) is 2. The molecule has 2 aliphatic rings. The lowest BCUT2D eigenvalue weighted by Gasteiger charge is -2.34. The Morgan fingerprint density at radius 2 is 2.09 bits per heavy atom. The lowest BCUT2D eigenvalue weighted by molar-refractivity contribution is -0.00119. The van der Waals surface area contributed by atoms with Crippen molar-refractivity contribution >= 4 is 6.09 Å². The van der Waals surface area contributed by atoms with E-state index in [0.717, 1.165) is 17.0 Å². The number of pyridine rings is 1. The monoisotopic (exact) mass is 304 g/mol. The summed E-state index contributed by atoms with van der Waals surface area (Å²) in [4.78, 5) is 18.6. The number of rotatable bonds is 2. The Kier molecular flexibility index (Phi) is 3.85.